The van der Waals surface area contributed by atoms with Crippen LogP contribution in [0.5, 0.6) is 0 Å². The number of benzene rings is 1. The summed E-state index contributed by atoms with van der Waals surface area (Å²) in [5.74, 6) is -0.235. The third-order valence-electron chi connectivity index (χ3n) is 1.48. The first-order valence-electron chi connectivity index (χ1n) is 3.76. The van der Waals surface area contributed by atoms with Gasteiger partial charge < -0.3 is 5.32 Å². The Morgan fingerprint density at radius 1 is 1.54 bits per heavy atom. The number of anilines is 1. The van der Waals surface area contributed by atoms with Gasteiger partial charge in [-0.05, 0) is 31.0 Å². The van der Waals surface area contributed by atoms with Crippen LogP contribution in [0.15, 0.2) is 41.9 Å². The molecule has 0 bridgehead atoms. The molecule has 1 aromatic carbocycles. The molecule has 1 rings (SSSR count). The summed E-state index contributed by atoms with van der Waals surface area (Å²) in [6, 6.07) is 7.10. The van der Waals surface area contributed by atoms with Gasteiger partial charge >= 0.3 is 0 Å². The van der Waals surface area contributed by atoms with Crippen molar-refractivity contribution >= 4 is 24.0 Å². The highest BCUT2D eigenvalue weighted by molar-refractivity contribution is 5.99. The Balaban J connectivity index is 2.83. The van der Waals surface area contributed by atoms with Gasteiger partial charge in [-0.25, -0.2) is 0 Å². The topological polar surface area (TPSA) is 41.5 Å². The highest BCUT2D eigenvalue weighted by atomic mass is 16.1. The van der Waals surface area contributed by atoms with Crippen LogP contribution in [0.25, 0.3) is 0 Å². The lowest BCUT2D eigenvalue weighted by atomic mass is 10.3. The fraction of sp³-hybridized carbons (Fsp3) is 0. The van der Waals surface area contributed by atoms with Gasteiger partial charge in [0.2, 0.25) is 5.91 Å². The predicted molar refractivity (Wildman–Crippen MR) is 54.5 cm³/mol. The molecule has 3 heteroatoms. The Morgan fingerprint density at radius 2 is 2.31 bits per heavy atom. The number of rotatable bonds is 3. The van der Waals surface area contributed by atoms with Crippen molar-refractivity contribution < 1.29 is 4.79 Å². The average molecular weight is 174 g/mol. The van der Waals surface area contributed by atoms with Crippen LogP contribution in [0, 0.1) is 0 Å². The van der Waals surface area contributed by atoms with Gasteiger partial charge in [-0.1, -0.05) is 12.6 Å². The van der Waals surface area contributed by atoms with E-state index < -0.39 is 0 Å². The molecule has 0 saturated carbocycles. The first kappa shape index (κ1) is 9.19. The van der Waals surface area contributed by atoms with Crippen molar-refractivity contribution in [2.75, 3.05) is 5.32 Å². The number of nitrogens with one attached hydrogen (secondary N) is 1. The van der Waals surface area contributed by atoms with Crippen LogP contribution >= 0.6 is 0 Å². The maximum Gasteiger partial charge on any atom is 0.247 e. The van der Waals surface area contributed by atoms with E-state index in [1.54, 1.807) is 24.3 Å². The third-order valence-corrected chi connectivity index (χ3v) is 1.48. The van der Waals surface area contributed by atoms with Crippen molar-refractivity contribution in [3.8, 4) is 0 Å². The van der Waals surface area contributed by atoms with Crippen LogP contribution in [0.2, 0.25) is 0 Å². The first-order chi connectivity index (χ1) is 6.26. The molecule has 0 radical (unpaired) electrons. The lowest BCUT2D eigenvalue weighted by Gasteiger charge is -2.01. The average Bonchev–Trinajstić information content (AvgIpc) is 2.18. The number of aliphatic imine (C=N–C) groups is 1. The molecular formula is C10H10N2O. The van der Waals surface area contributed by atoms with Gasteiger partial charge in [-0.15, -0.1) is 0 Å². The van der Waals surface area contributed by atoms with Crippen LogP contribution in [0.4, 0.5) is 11.4 Å². The lowest BCUT2D eigenvalue weighted by molar-refractivity contribution is -0.111. The molecule has 0 fully saturated rings. The van der Waals surface area contributed by atoms with Crippen LogP contribution in [0.3, 0.4) is 0 Å². The monoisotopic (exact) mass is 174 g/mol. The normalized spacial score (nSPS) is 8.92. The standard InChI is InChI=1S/C10H10N2O/c1-3-10(13)12-9-6-4-5-8(7-9)11-2/h3-7H,1-2H2,(H,12,13). The zero-order chi connectivity index (χ0) is 9.68. The molecule has 0 unspecified atom stereocenters. The third kappa shape index (κ3) is 2.56. The second kappa shape index (κ2) is 4.21. The Morgan fingerprint density at radius 3 is 2.92 bits per heavy atom. The van der Waals surface area contributed by atoms with Crippen LogP contribution in [-0.4, -0.2) is 12.6 Å². The zero-order valence-electron chi connectivity index (χ0n) is 7.16. The summed E-state index contributed by atoms with van der Waals surface area (Å²) in [5.41, 5.74) is 1.41. The quantitative estimate of drug-likeness (QED) is 0.553. The molecule has 0 aliphatic heterocycles. The summed E-state index contributed by atoms with van der Waals surface area (Å²) in [6.07, 6.45) is 1.22. The lowest BCUT2D eigenvalue weighted by Crippen LogP contribution is -2.06. The van der Waals surface area contributed by atoms with Crippen molar-refractivity contribution in [3.63, 3.8) is 0 Å². The number of carbonyl (C=O) groups excluding carboxylic acids is 1. The molecule has 0 atom stereocenters. The number of carbonyl (C=O) groups is 1. The van der Waals surface area contributed by atoms with Gasteiger partial charge in [0.1, 0.15) is 0 Å². The van der Waals surface area contributed by atoms with Gasteiger partial charge in [0.25, 0.3) is 0 Å². The number of amides is 1. The molecule has 1 N–H and O–H groups in total. The second-order valence-electron chi connectivity index (χ2n) is 2.40. The SMILES string of the molecule is C=CC(=O)Nc1cccc(N=C)c1. The maximum absolute atomic E-state index is 10.9. The molecule has 66 valence electrons. The smallest absolute Gasteiger partial charge is 0.247 e. The highest BCUT2D eigenvalue weighted by Gasteiger charge is 1.96. The largest absolute Gasteiger partial charge is 0.322 e. The van der Waals surface area contributed by atoms with E-state index >= 15 is 0 Å². The van der Waals surface area contributed by atoms with E-state index in [4.69, 9.17) is 0 Å². The maximum atomic E-state index is 10.9. The molecule has 1 amide bonds. The Bertz CT molecular complexity index is 345. The summed E-state index contributed by atoms with van der Waals surface area (Å²) in [5, 5.41) is 2.62. The second-order valence-corrected chi connectivity index (χ2v) is 2.40. The van der Waals surface area contributed by atoms with Gasteiger partial charge in [0.15, 0.2) is 0 Å². The molecule has 0 aromatic heterocycles. The van der Waals surface area contributed by atoms with Crippen molar-refractivity contribution in [3.05, 3.63) is 36.9 Å². The Labute approximate surface area is 76.8 Å². The number of hydrogen-bond acceptors (Lipinski definition) is 2. The van der Waals surface area contributed by atoms with E-state index in [1.165, 1.54) is 6.08 Å². The molecule has 1 aromatic rings. The first-order valence-corrected chi connectivity index (χ1v) is 3.76. The van der Waals surface area contributed by atoms with Crippen molar-refractivity contribution in [2.24, 2.45) is 4.99 Å². The summed E-state index contributed by atoms with van der Waals surface area (Å²) in [7, 11) is 0. The molecule has 3 nitrogen and oxygen atoms in total. The van der Waals surface area contributed by atoms with E-state index in [0.29, 0.717) is 5.69 Å². The summed E-state index contributed by atoms with van der Waals surface area (Å²) in [4.78, 5) is 14.6. The summed E-state index contributed by atoms with van der Waals surface area (Å²) >= 11 is 0. The Kier molecular flexibility index (Phi) is 2.97. The molecule has 0 aliphatic rings. The van der Waals surface area contributed by atoms with Crippen LogP contribution in [0.1, 0.15) is 0 Å². The minimum Gasteiger partial charge on any atom is -0.322 e. The van der Waals surface area contributed by atoms with Crippen molar-refractivity contribution in [1.29, 1.82) is 0 Å². The van der Waals surface area contributed by atoms with E-state index in [1.807, 2.05) is 0 Å². The van der Waals surface area contributed by atoms with E-state index in [2.05, 4.69) is 23.6 Å². The van der Waals surface area contributed by atoms with E-state index in [0.717, 1.165) is 5.69 Å². The molecular weight excluding hydrogens is 164 g/mol. The molecule has 0 aliphatic carbocycles. The van der Waals surface area contributed by atoms with Gasteiger partial charge in [0, 0.05) is 5.69 Å². The fourth-order valence-corrected chi connectivity index (χ4v) is 0.875. The number of nitrogens with zero attached hydrogens (tertiary/aromatic N) is 1. The predicted octanol–water partition coefficient (Wildman–Crippen LogP) is 2.14. The minimum atomic E-state index is -0.235. The zero-order valence-corrected chi connectivity index (χ0v) is 7.16. The van der Waals surface area contributed by atoms with Crippen molar-refractivity contribution in [1.82, 2.24) is 0 Å². The van der Waals surface area contributed by atoms with Gasteiger partial charge in [-0.3, -0.25) is 9.79 Å². The highest BCUT2D eigenvalue weighted by Crippen LogP contribution is 2.16. The van der Waals surface area contributed by atoms with E-state index in [-0.39, 0.29) is 5.91 Å². The van der Waals surface area contributed by atoms with Crippen LogP contribution < -0.4 is 5.32 Å². The van der Waals surface area contributed by atoms with Gasteiger partial charge in [-0.2, -0.15) is 0 Å². The minimum absolute atomic E-state index is 0.235. The Hall–Kier alpha value is -1.90. The molecule has 13 heavy (non-hydrogen) atoms. The fourth-order valence-electron chi connectivity index (χ4n) is 0.875. The summed E-state index contributed by atoms with van der Waals surface area (Å²) in [6.45, 7) is 6.74. The van der Waals surface area contributed by atoms with Crippen molar-refractivity contribution in [2.45, 2.75) is 0 Å². The molecule has 0 saturated heterocycles. The van der Waals surface area contributed by atoms with Crippen LogP contribution in [-0.2, 0) is 4.79 Å². The molecule has 0 spiro atoms. The molecule has 0 heterocycles. The van der Waals surface area contributed by atoms with Gasteiger partial charge in [0.05, 0.1) is 5.69 Å². The summed E-state index contributed by atoms with van der Waals surface area (Å²) < 4.78 is 0. The van der Waals surface area contributed by atoms with E-state index in [9.17, 15) is 4.79 Å². The number of hydrogen-bond donors (Lipinski definition) is 1.